The molecule has 1 amide bonds. The maximum absolute atomic E-state index is 13.2. The Labute approximate surface area is 334 Å². The van der Waals surface area contributed by atoms with Gasteiger partial charge in [0.1, 0.15) is 16.9 Å². The zero-order valence-corrected chi connectivity index (χ0v) is 33.4. The first-order valence-electron chi connectivity index (χ1n) is 19.7. The second-order valence-corrected chi connectivity index (χ2v) is 17.9. The van der Waals surface area contributed by atoms with Gasteiger partial charge in [-0.2, -0.15) is 15.3 Å². The van der Waals surface area contributed by atoms with Crippen LogP contribution in [0, 0.1) is 16.7 Å². The number of rotatable bonds is 8. The Morgan fingerprint density at radius 2 is 1.91 bits per heavy atom. The van der Waals surface area contributed by atoms with Crippen molar-refractivity contribution in [2.24, 2.45) is 5.41 Å². The van der Waals surface area contributed by atoms with E-state index in [1.165, 1.54) is 16.2 Å². The summed E-state index contributed by atoms with van der Waals surface area (Å²) >= 11 is 8.40. The first-order valence-corrected chi connectivity index (χ1v) is 20.9. The van der Waals surface area contributed by atoms with Crippen molar-refractivity contribution in [1.82, 2.24) is 34.7 Å². The van der Waals surface area contributed by atoms with Gasteiger partial charge in [0.15, 0.2) is 23.0 Å². The molecule has 0 bridgehead atoms. The van der Waals surface area contributed by atoms with Crippen LogP contribution in [0.4, 0.5) is 15.2 Å². The number of nitrogen functional groups attached to an aromatic ring is 1. The molecule has 56 heavy (non-hydrogen) atoms. The Hall–Kier alpha value is -4.52. The molecular weight excluding hydrogens is 755 g/mol. The molecule has 3 aliphatic carbocycles. The highest BCUT2D eigenvalue weighted by atomic mass is 35.5. The van der Waals surface area contributed by atoms with Crippen LogP contribution in [0.25, 0.3) is 11.5 Å². The minimum absolute atomic E-state index is 0.0131. The van der Waals surface area contributed by atoms with Crippen molar-refractivity contribution in [2.45, 2.75) is 89.1 Å². The van der Waals surface area contributed by atoms with Gasteiger partial charge in [-0.15, -0.1) is 11.3 Å². The van der Waals surface area contributed by atoms with E-state index in [0.29, 0.717) is 65.0 Å². The van der Waals surface area contributed by atoms with Gasteiger partial charge in [0, 0.05) is 68.7 Å². The highest BCUT2D eigenvalue weighted by Gasteiger charge is 2.49. The highest BCUT2D eigenvalue weighted by Crippen LogP contribution is 2.55. The summed E-state index contributed by atoms with van der Waals surface area (Å²) in [4.78, 5) is 30.3. The number of halogens is 2. The predicted octanol–water partition coefficient (Wildman–Crippen LogP) is 6.68. The van der Waals surface area contributed by atoms with Gasteiger partial charge in [0.2, 0.25) is 5.88 Å². The van der Waals surface area contributed by atoms with E-state index in [9.17, 15) is 14.4 Å². The smallest absolute Gasteiger partial charge is 0.275 e. The number of ether oxygens (including phenoxy) is 1. The van der Waals surface area contributed by atoms with Crippen molar-refractivity contribution < 1.29 is 18.4 Å². The molecule has 4 aromatic rings. The largest absolute Gasteiger partial charge is 0.477 e. The molecule has 4 aromatic heterocycles. The van der Waals surface area contributed by atoms with Gasteiger partial charge in [-0.1, -0.05) is 16.8 Å². The van der Waals surface area contributed by atoms with E-state index in [0.717, 1.165) is 130 Å². The lowest BCUT2D eigenvalue weighted by Gasteiger charge is -2.39. The van der Waals surface area contributed by atoms with Crippen LogP contribution >= 0.6 is 22.9 Å². The zero-order valence-electron chi connectivity index (χ0n) is 31.9. The average Bonchev–Trinajstić information content (AvgIpc) is 3.61. The molecule has 2 N–H and O–H groups in total. The minimum atomic E-state index is -0.474. The van der Waals surface area contributed by atoms with Gasteiger partial charge in [0.25, 0.3) is 5.91 Å². The molecule has 0 radical (unpaired) electrons. The number of nitrogens with zero attached hydrogens (tertiary/aromatic N) is 9. The van der Waals surface area contributed by atoms with Gasteiger partial charge >= 0.3 is 0 Å². The highest BCUT2D eigenvalue weighted by molar-refractivity contribution is 7.16. The summed E-state index contributed by atoms with van der Waals surface area (Å²) in [6, 6.07) is 4.29. The fourth-order valence-electron chi connectivity index (χ4n) is 9.33. The Morgan fingerprint density at radius 1 is 1.12 bits per heavy atom. The number of likely N-dealkylation sites (tertiary alicyclic amines) is 1. The summed E-state index contributed by atoms with van der Waals surface area (Å²) in [5.74, 6) is 2.07. The second kappa shape index (κ2) is 14.5. The first kappa shape index (κ1) is 37.1. The number of carbonyl (C=O) groups excluding carboxylic acids is 1. The molecular formula is C40H46ClFN10O3S. The number of piperidine rings is 1. The van der Waals surface area contributed by atoms with Gasteiger partial charge in [-0.05, 0) is 81.8 Å². The number of nitrogens with two attached hydrogens (primary N) is 1. The molecule has 16 heteroatoms. The molecule has 6 heterocycles. The lowest BCUT2D eigenvalue weighted by Crippen LogP contribution is -2.37. The maximum atomic E-state index is 13.2. The lowest BCUT2D eigenvalue weighted by molar-refractivity contribution is 0.0821. The molecule has 2 fully saturated rings. The van der Waals surface area contributed by atoms with E-state index >= 15 is 0 Å². The fourth-order valence-corrected chi connectivity index (χ4v) is 10.8. The third-order valence-electron chi connectivity index (χ3n) is 12.5. The number of nitriles is 1. The quantitative estimate of drug-likeness (QED) is 0.203. The van der Waals surface area contributed by atoms with E-state index in [4.69, 9.17) is 41.7 Å². The molecule has 2 aliphatic heterocycles. The van der Waals surface area contributed by atoms with Crippen LogP contribution in [0.5, 0.6) is 5.88 Å². The number of thiophene rings is 1. The summed E-state index contributed by atoms with van der Waals surface area (Å²) in [5.41, 5.74) is 11.0. The number of hydrogen-bond donors (Lipinski definition) is 1. The molecule has 1 saturated carbocycles. The number of aryl methyl sites for hydroxylation is 2. The topological polar surface area (TPSA) is 155 Å². The number of fused-ring (bicyclic) bond motifs is 5. The standard InChI is InChI=1S/C40H46ClFN10O3S/c1-49(2)38(53)34-32(41)27-21-51(14-5-15-52(27)47-34)29-18-30(54-23-39(12-13-39)22-50-16-8-24(19-42)9-17-50)46-37(45-29)33-25-6-3-10-40(35(25)55-48-33)11-4-7-28-31(40)26(20-43)36(44)56-28/h18-19H,3-17,21-23,44H2,1-2H3/t40-/m0/s1. The molecule has 0 unspecified atom stereocenters. The molecule has 1 saturated heterocycles. The third kappa shape index (κ3) is 6.43. The predicted molar refractivity (Wildman–Crippen MR) is 211 cm³/mol. The number of aromatic nitrogens is 5. The maximum Gasteiger partial charge on any atom is 0.275 e. The van der Waals surface area contributed by atoms with Gasteiger partial charge in [-0.25, -0.2) is 9.37 Å². The zero-order chi connectivity index (χ0) is 38.8. The molecule has 9 rings (SSSR count). The number of amides is 1. The molecule has 1 atom stereocenters. The van der Waals surface area contributed by atoms with Crippen molar-refractivity contribution in [2.75, 3.05) is 57.5 Å². The van der Waals surface area contributed by atoms with Crippen molar-refractivity contribution in [3.05, 3.63) is 61.7 Å². The van der Waals surface area contributed by atoms with E-state index in [1.54, 1.807) is 14.1 Å². The summed E-state index contributed by atoms with van der Waals surface area (Å²) in [6.07, 6.45) is 10.4. The Morgan fingerprint density at radius 3 is 2.64 bits per heavy atom. The minimum Gasteiger partial charge on any atom is -0.477 e. The molecule has 13 nitrogen and oxygen atoms in total. The van der Waals surface area contributed by atoms with E-state index in [1.807, 2.05) is 10.7 Å². The summed E-state index contributed by atoms with van der Waals surface area (Å²) in [7, 11) is 3.38. The van der Waals surface area contributed by atoms with Crippen LogP contribution < -0.4 is 15.4 Å². The average molecular weight is 801 g/mol. The van der Waals surface area contributed by atoms with Gasteiger partial charge in [-0.3, -0.25) is 9.48 Å². The number of carbonyl (C=O) groups is 1. The van der Waals surface area contributed by atoms with Crippen LogP contribution in [0.3, 0.4) is 0 Å². The normalized spacial score (nSPS) is 21.5. The van der Waals surface area contributed by atoms with E-state index in [-0.39, 0.29) is 17.0 Å². The molecule has 0 aromatic carbocycles. The van der Waals surface area contributed by atoms with Crippen LogP contribution in [0.15, 0.2) is 22.5 Å². The number of anilines is 2. The van der Waals surface area contributed by atoms with Crippen LogP contribution in [0.1, 0.15) is 101 Å². The van der Waals surface area contributed by atoms with Crippen molar-refractivity contribution in [1.29, 1.82) is 5.26 Å². The summed E-state index contributed by atoms with van der Waals surface area (Å²) in [5, 5.41) is 20.4. The molecule has 294 valence electrons. The molecule has 1 spiro atoms. The summed E-state index contributed by atoms with van der Waals surface area (Å²) < 4.78 is 28.0. The van der Waals surface area contributed by atoms with Crippen molar-refractivity contribution in [3.8, 4) is 23.5 Å². The fraction of sp³-hybridized carbons (Fsp3) is 0.550. The van der Waals surface area contributed by atoms with Crippen LogP contribution in [0.2, 0.25) is 5.02 Å². The Kier molecular flexibility index (Phi) is 9.57. The Balaban J connectivity index is 1.07. The Bertz CT molecular complexity index is 2260. The first-order chi connectivity index (χ1) is 27.1. The van der Waals surface area contributed by atoms with Crippen LogP contribution in [-0.4, -0.2) is 87.5 Å². The second-order valence-electron chi connectivity index (χ2n) is 16.4. The van der Waals surface area contributed by atoms with Crippen molar-refractivity contribution in [3.63, 3.8) is 0 Å². The van der Waals surface area contributed by atoms with Crippen LogP contribution in [-0.2, 0) is 31.3 Å². The molecule has 5 aliphatic rings. The van der Waals surface area contributed by atoms with E-state index < -0.39 is 5.41 Å². The van der Waals surface area contributed by atoms with Crippen molar-refractivity contribution >= 4 is 39.7 Å². The monoisotopic (exact) mass is 800 g/mol. The van der Waals surface area contributed by atoms with E-state index in [2.05, 4.69) is 21.0 Å². The van der Waals surface area contributed by atoms with Gasteiger partial charge < -0.3 is 29.7 Å². The van der Waals surface area contributed by atoms with Gasteiger partial charge in [0.05, 0.1) is 41.2 Å². The number of hydrogen-bond acceptors (Lipinski definition) is 12. The summed E-state index contributed by atoms with van der Waals surface area (Å²) in [6.45, 7) is 4.76. The lowest BCUT2D eigenvalue weighted by atomic mass is 9.63. The SMILES string of the molecule is CN(C)C(=O)c1nn2c(c1Cl)CN(c1cc(OCC3(CN4CCC(=CF)CC4)CC3)nc(-c3noc4c3CCC[C@@]43CCCc4sc(N)c(C#N)c43)n1)CCC2. The third-order valence-corrected chi connectivity index (χ3v) is 14.0.